The van der Waals surface area contributed by atoms with Crippen molar-refractivity contribution in [1.29, 1.82) is 0 Å². The fourth-order valence-electron chi connectivity index (χ4n) is 0.505. The molecule has 0 N–H and O–H groups in total. The molecule has 10 heavy (non-hydrogen) atoms. The summed E-state index contributed by atoms with van der Waals surface area (Å²) in [6.45, 7) is 2.05. The first kappa shape index (κ1) is 7.66. The van der Waals surface area contributed by atoms with Crippen LogP contribution in [0.3, 0.4) is 0 Å². The average Bonchev–Trinajstić information content (AvgIpc) is 1.95. The predicted octanol–water partition coefficient (Wildman–Crippen LogP) is 1.30. The summed E-state index contributed by atoms with van der Waals surface area (Å²) in [5.74, 6) is 0. The van der Waals surface area contributed by atoms with E-state index in [-0.39, 0.29) is 0 Å². The van der Waals surface area contributed by atoms with Crippen molar-refractivity contribution >= 4 is 24.9 Å². The van der Waals surface area contributed by atoms with Gasteiger partial charge in [-0.3, -0.25) is 0 Å². The van der Waals surface area contributed by atoms with Gasteiger partial charge in [0.2, 0.25) is 0 Å². The van der Waals surface area contributed by atoms with Crippen LogP contribution in [-0.2, 0) is 0 Å². The van der Waals surface area contributed by atoms with Gasteiger partial charge in [-0.25, -0.2) is 9.97 Å². The molecule has 2 nitrogen and oxygen atoms in total. The Labute approximate surface area is 69.9 Å². The second-order valence-electron chi connectivity index (χ2n) is 1.60. The van der Waals surface area contributed by atoms with Crippen molar-refractivity contribution in [2.45, 2.75) is 6.55 Å². The van der Waals surface area contributed by atoms with Crippen LogP contribution < -0.4 is 0 Å². The zero-order chi connectivity index (χ0) is 7.40. The Morgan fingerprint density at radius 3 is 2.80 bits per heavy atom. The minimum Gasteiger partial charge on any atom is -0.245 e. The molecule has 0 bridgehead atoms. The Bertz CT molecular complexity index is 272. The molecule has 0 fully saturated rings. The monoisotopic (exact) mass is 212 g/mol. The molecule has 1 aromatic rings. The smallest absolute Gasteiger partial charge is 0.124 e. The number of aromatic nitrogens is 2. The zero-order valence-corrected chi connectivity index (χ0v) is 8.01. The minimum atomic E-state index is 0.664. The standard InChI is InChI=1S/C6H5BrN2Si/c1-10-4-5-2-9-6(7)3-8-5/h2-3H,1H3. The lowest BCUT2D eigenvalue weighted by atomic mass is 10.5. The third-order valence-corrected chi connectivity index (χ3v) is 1.79. The molecule has 0 radical (unpaired) electrons. The Kier molecular flexibility index (Phi) is 2.80. The summed E-state index contributed by atoms with van der Waals surface area (Å²) >= 11 is 3.20. The van der Waals surface area contributed by atoms with Gasteiger partial charge in [-0.15, -0.1) is 0 Å². The van der Waals surface area contributed by atoms with Crippen LogP contribution in [-0.4, -0.2) is 18.9 Å². The van der Waals surface area contributed by atoms with E-state index in [0.29, 0.717) is 8.96 Å². The van der Waals surface area contributed by atoms with Crippen LogP contribution in [0.5, 0.6) is 0 Å². The SMILES string of the molecule is C[Si]#Cc1cnc(Br)cn1. The maximum atomic E-state index is 4.05. The van der Waals surface area contributed by atoms with E-state index in [1.54, 1.807) is 12.4 Å². The first-order valence-electron chi connectivity index (χ1n) is 2.73. The molecular formula is C6H5BrN2Si. The summed E-state index contributed by atoms with van der Waals surface area (Å²) in [4.78, 5) is 8.05. The van der Waals surface area contributed by atoms with Gasteiger partial charge in [-0.05, 0) is 31.4 Å². The number of nitrogens with zero attached hydrogens (tertiary/aromatic N) is 2. The fourth-order valence-corrected chi connectivity index (χ4v) is 1.09. The quantitative estimate of drug-likeness (QED) is 0.607. The summed E-state index contributed by atoms with van der Waals surface area (Å²) in [5.41, 5.74) is 3.89. The summed E-state index contributed by atoms with van der Waals surface area (Å²) < 4.78 is 0.762. The molecular weight excluding hydrogens is 208 g/mol. The molecule has 0 saturated heterocycles. The molecule has 0 aliphatic carbocycles. The third-order valence-electron chi connectivity index (χ3n) is 0.873. The first-order chi connectivity index (χ1) is 4.83. The molecule has 0 amide bonds. The highest BCUT2D eigenvalue weighted by Gasteiger charge is 1.87. The molecule has 0 aliphatic rings. The second kappa shape index (κ2) is 3.66. The van der Waals surface area contributed by atoms with Crippen LogP contribution >= 0.6 is 15.9 Å². The van der Waals surface area contributed by atoms with Gasteiger partial charge >= 0.3 is 0 Å². The summed E-state index contributed by atoms with van der Waals surface area (Å²) in [5, 5.41) is 0. The number of hydrogen-bond acceptors (Lipinski definition) is 2. The highest BCUT2D eigenvalue weighted by Crippen LogP contribution is 2.00. The van der Waals surface area contributed by atoms with Crippen LogP contribution in [0.4, 0.5) is 0 Å². The Morgan fingerprint density at radius 2 is 2.30 bits per heavy atom. The van der Waals surface area contributed by atoms with E-state index in [1.807, 2.05) is 6.55 Å². The van der Waals surface area contributed by atoms with Crippen LogP contribution in [0, 0.1) is 5.50 Å². The van der Waals surface area contributed by atoms with E-state index in [1.165, 1.54) is 0 Å². The molecule has 0 unspecified atom stereocenters. The van der Waals surface area contributed by atoms with Crippen molar-refractivity contribution in [3.8, 4) is 5.50 Å². The molecule has 0 spiro atoms. The van der Waals surface area contributed by atoms with Gasteiger partial charge in [0, 0.05) is 0 Å². The van der Waals surface area contributed by atoms with Gasteiger partial charge < -0.3 is 0 Å². The molecule has 0 saturated carbocycles. The van der Waals surface area contributed by atoms with Gasteiger partial charge in [-0.1, -0.05) is 5.50 Å². The maximum absolute atomic E-state index is 4.05. The third kappa shape index (κ3) is 2.06. The van der Waals surface area contributed by atoms with Crippen molar-refractivity contribution in [3.05, 3.63) is 22.7 Å². The molecule has 1 aromatic heterocycles. The van der Waals surface area contributed by atoms with Crippen molar-refractivity contribution in [2.24, 2.45) is 0 Å². The molecule has 0 atom stereocenters. The number of rotatable bonds is 0. The number of hydrogen-bond donors (Lipinski definition) is 0. The van der Waals surface area contributed by atoms with Crippen LogP contribution in [0.25, 0.3) is 0 Å². The lowest BCUT2D eigenvalue weighted by Gasteiger charge is -1.87. The largest absolute Gasteiger partial charge is 0.245 e. The van der Waals surface area contributed by atoms with E-state index in [4.69, 9.17) is 0 Å². The Morgan fingerprint density at radius 1 is 1.50 bits per heavy atom. The van der Waals surface area contributed by atoms with Gasteiger partial charge in [0.15, 0.2) is 0 Å². The van der Waals surface area contributed by atoms with Gasteiger partial charge in [-0.2, -0.15) is 0 Å². The normalized spacial score (nSPS) is 8.20. The summed E-state index contributed by atoms with van der Waals surface area (Å²) in [7, 11) is 0.664. The molecule has 0 aromatic carbocycles. The van der Waals surface area contributed by atoms with Crippen molar-refractivity contribution in [1.82, 2.24) is 9.97 Å². The molecule has 1 heterocycles. The van der Waals surface area contributed by atoms with Crippen LogP contribution in [0.15, 0.2) is 17.0 Å². The lowest BCUT2D eigenvalue weighted by Crippen LogP contribution is -1.84. The van der Waals surface area contributed by atoms with Crippen molar-refractivity contribution < 1.29 is 0 Å². The van der Waals surface area contributed by atoms with Crippen molar-refractivity contribution in [2.75, 3.05) is 0 Å². The van der Waals surface area contributed by atoms with Gasteiger partial charge in [0.05, 0.1) is 12.4 Å². The molecule has 1 rings (SSSR count). The summed E-state index contributed by atoms with van der Waals surface area (Å²) in [6.07, 6.45) is 3.36. The average molecular weight is 213 g/mol. The zero-order valence-electron chi connectivity index (χ0n) is 5.43. The molecule has 0 aliphatic heterocycles. The highest BCUT2D eigenvalue weighted by molar-refractivity contribution is 9.10. The molecule has 50 valence electrons. The van der Waals surface area contributed by atoms with E-state index < -0.39 is 0 Å². The Balaban J connectivity index is 2.97. The fraction of sp³-hybridized carbons (Fsp3) is 0.167. The summed E-state index contributed by atoms with van der Waals surface area (Å²) in [6, 6.07) is 0. The molecule has 4 heteroatoms. The predicted molar refractivity (Wildman–Crippen MR) is 44.3 cm³/mol. The minimum absolute atomic E-state index is 0.664. The first-order valence-corrected chi connectivity index (χ1v) is 5.02. The van der Waals surface area contributed by atoms with E-state index in [2.05, 4.69) is 31.4 Å². The van der Waals surface area contributed by atoms with Crippen molar-refractivity contribution in [3.63, 3.8) is 0 Å². The highest BCUT2D eigenvalue weighted by atomic mass is 79.9. The maximum Gasteiger partial charge on any atom is 0.124 e. The topological polar surface area (TPSA) is 25.8 Å². The Hall–Kier alpha value is -0.443. The van der Waals surface area contributed by atoms with E-state index in [0.717, 1.165) is 10.3 Å². The lowest BCUT2D eigenvalue weighted by molar-refractivity contribution is 1.14. The second-order valence-corrected chi connectivity index (χ2v) is 3.16. The van der Waals surface area contributed by atoms with Gasteiger partial charge in [0.1, 0.15) is 10.3 Å². The van der Waals surface area contributed by atoms with Gasteiger partial charge in [0.25, 0.3) is 0 Å². The number of halogens is 1. The van der Waals surface area contributed by atoms with Crippen LogP contribution in [0.1, 0.15) is 5.69 Å². The van der Waals surface area contributed by atoms with E-state index in [9.17, 15) is 0 Å². The van der Waals surface area contributed by atoms with E-state index >= 15 is 0 Å². The van der Waals surface area contributed by atoms with Crippen LogP contribution in [0.2, 0.25) is 6.55 Å².